The largest absolute Gasteiger partial charge is 0.355 e. The van der Waals surface area contributed by atoms with Crippen LogP contribution in [0.3, 0.4) is 0 Å². The molecule has 1 amide bonds. The van der Waals surface area contributed by atoms with E-state index in [1.54, 1.807) is 18.6 Å². The number of nitrogens with one attached hydrogen (secondary N) is 1. The molecule has 0 radical (unpaired) electrons. The maximum Gasteiger partial charge on any atom is 0.223 e. The van der Waals surface area contributed by atoms with E-state index in [0.29, 0.717) is 0 Å². The van der Waals surface area contributed by atoms with Crippen LogP contribution in [0, 0.1) is 5.92 Å². The summed E-state index contributed by atoms with van der Waals surface area (Å²) in [6.07, 6.45) is 10.9. The molecule has 4 rings (SSSR count). The van der Waals surface area contributed by atoms with Crippen molar-refractivity contribution in [2.45, 2.75) is 31.7 Å². The summed E-state index contributed by atoms with van der Waals surface area (Å²) < 4.78 is 1.90. The van der Waals surface area contributed by atoms with E-state index in [1.807, 2.05) is 24.0 Å². The fourth-order valence-electron chi connectivity index (χ4n) is 4.12. The number of carbonyl (C=O) groups excluding carboxylic acids is 1. The summed E-state index contributed by atoms with van der Waals surface area (Å²) in [5, 5.41) is 7.55. The summed E-state index contributed by atoms with van der Waals surface area (Å²) in [5.74, 6) is 2.30. The van der Waals surface area contributed by atoms with Crippen LogP contribution in [-0.4, -0.2) is 57.9 Å². The second kappa shape index (κ2) is 7.94. The van der Waals surface area contributed by atoms with Gasteiger partial charge in [0, 0.05) is 63.6 Å². The van der Waals surface area contributed by atoms with Gasteiger partial charge in [0.25, 0.3) is 0 Å². The van der Waals surface area contributed by atoms with Crippen molar-refractivity contribution in [2.24, 2.45) is 13.0 Å². The third-order valence-electron chi connectivity index (χ3n) is 5.63. The highest BCUT2D eigenvalue weighted by Gasteiger charge is 2.29. The zero-order valence-corrected chi connectivity index (χ0v) is 15.8. The normalized spacial score (nSPS) is 21.3. The molecule has 8 nitrogen and oxygen atoms in total. The van der Waals surface area contributed by atoms with Gasteiger partial charge in [-0.25, -0.2) is 4.98 Å². The number of hydrogen-bond donors (Lipinski definition) is 1. The molecule has 2 saturated heterocycles. The average Bonchev–Trinajstić information content (AvgIpc) is 3.15. The zero-order chi connectivity index (χ0) is 18.6. The average molecular weight is 369 g/mol. The third kappa shape index (κ3) is 4.04. The summed E-state index contributed by atoms with van der Waals surface area (Å²) in [6.45, 7) is 3.57. The van der Waals surface area contributed by atoms with Gasteiger partial charge in [-0.05, 0) is 25.7 Å². The lowest BCUT2D eigenvalue weighted by molar-refractivity contribution is -0.126. The van der Waals surface area contributed by atoms with Crippen molar-refractivity contribution in [3.63, 3.8) is 0 Å². The van der Waals surface area contributed by atoms with Crippen LogP contribution >= 0.6 is 0 Å². The van der Waals surface area contributed by atoms with E-state index in [2.05, 4.69) is 30.2 Å². The van der Waals surface area contributed by atoms with Gasteiger partial charge in [-0.1, -0.05) is 0 Å². The Labute approximate surface area is 159 Å². The molecule has 2 aliphatic heterocycles. The number of carbonyl (C=O) groups is 1. The second-order valence-electron chi connectivity index (χ2n) is 7.43. The van der Waals surface area contributed by atoms with Crippen LogP contribution in [0.4, 0.5) is 11.6 Å². The van der Waals surface area contributed by atoms with Crippen molar-refractivity contribution in [3.8, 4) is 0 Å². The molecule has 1 atom stereocenters. The highest BCUT2D eigenvalue weighted by Crippen LogP contribution is 2.23. The molecule has 0 saturated carbocycles. The molecule has 0 aromatic carbocycles. The van der Waals surface area contributed by atoms with Gasteiger partial charge in [0.2, 0.25) is 5.91 Å². The Morgan fingerprint density at radius 3 is 2.67 bits per heavy atom. The standard InChI is InChI=1S/C19H27N7O/c1-24-18(4-7-22-24)26-10-2-3-16(14-26)23-19(27)15-5-11-25(12-6-15)17-13-20-8-9-21-17/h4,7-9,13,15-16H,2-3,5-6,10-12,14H2,1H3,(H,23,27)/t16-/m0/s1. The first-order valence-electron chi connectivity index (χ1n) is 9.75. The van der Waals surface area contributed by atoms with Gasteiger partial charge in [-0.3, -0.25) is 14.5 Å². The minimum Gasteiger partial charge on any atom is -0.355 e. The van der Waals surface area contributed by atoms with E-state index >= 15 is 0 Å². The van der Waals surface area contributed by atoms with E-state index in [-0.39, 0.29) is 17.9 Å². The van der Waals surface area contributed by atoms with Crippen LogP contribution in [-0.2, 0) is 11.8 Å². The van der Waals surface area contributed by atoms with Crippen LogP contribution in [0.15, 0.2) is 30.9 Å². The first-order valence-corrected chi connectivity index (χ1v) is 9.75. The minimum absolute atomic E-state index is 0.0880. The van der Waals surface area contributed by atoms with E-state index in [0.717, 1.165) is 63.5 Å². The number of rotatable bonds is 4. The fourth-order valence-corrected chi connectivity index (χ4v) is 4.12. The number of piperidine rings is 2. The van der Waals surface area contributed by atoms with E-state index in [1.165, 1.54) is 0 Å². The van der Waals surface area contributed by atoms with Crippen molar-refractivity contribution in [1.29, 1.82) is 0 Å². The SMILES string of the molecule is Cn1nccc1N1CCC[C@H](NC(=O)C2CCN(c3cnccn3)CC2)C1. The van der Waals surface area contributed by atoms with Crippen molar-refractivity contribution >= 4 is 17.5 Å². The van der Waals surface area contributed by atoms with Crippen molar-refractivity contribution in [2.75, 3.05) is 36.0 Å². The van der Waals surface area contributed by atoms with Crippen LogP contribution < -0.4 is 15.1 Å². The van der Waals surface area contributed by atoms with Gasteiger partial charge < -0.3 is 15.1 Å². The number of amides is 1. The highest BCUT2D eigenvalue weighted by atomic mass is 16.2. The smallest absolute Gasteiger partial charge is 0.223 e. The summed E-state index contributed by atoms with van der Waals surface area (Å²) in [6, 6.07) is 2.24. The minimum atomic E-state index is 0.0880. The topological polar surface area (TPSA) is 79.2 Å². The van der Waals surface area contributed by atoms with Gasteiger partial charge in [0.15, 0.2) is 0 Å². The molecule has 8 heteroatoms. The lowest BCUT2D eigenvalue weighted by Crippen LogP contribution is -2.51. The molecule has 0 unspecified atom stereocenters. The Morgan fingerprint density at radius 2 is 1.96 bits per heavy atom. The van der Waals surface area contributed by atoms with Crippen LogP contribution in [0.2, 0.25) is 0 Å². The predicted octanol–water partition coefficient (Wildman–Crippen LogP) is 1.21. The number of aryl methyl sites for hydroxylation is 1. The first kappa shape index (κ1) is 17.8. The predicted molar refractivity (Wildman–Crippen MR) is 104 cm³/mol. The molecule has 2 aliphatic rings. The van der Waals surface area contributed by atoms with Gasteiger partial charge in [-0.2, -0.15) is 5.10 Å². The molecule has 2 aromatic rings. The third-order valence-corrected chi connectivity index (χ3v) is 5.63. The van der Waals surface area contributed by atoms with Crippen LogP contribution in [0.1, 0.15) is 25.7 Å². The van der Waals surface area contributed by atoms with Gasteiger partial charge in [0.05, 0.1) is 12.4 Å². The Morgan fingerprint density at radius 1 is 1.11 bits per heavy atom. The Bertz CT molecular complexity index is 754. The lowest BCUT2D eigenvalue weighted by atomic mass is 9.95. The quantitative estimate of drug-likeness (QED) is 0.873. The lowest BCUT2D eigenvalue weighted by Gasteiger charge is -2.36. The van der Waals surface area contributed by atoms with Crippen molar-refractivity contribution < 1.29 is 4.79 Å². The number of anilines is 2. The van der Waals surface area contributed by atoms with Crippen LogP contribution in [0.25, 0.3) is 0 Å². The Hall–Kier alpha value is -2.64. The van der Waals surface area contributed by atoms with Gasteiger partial charge in [0.1, 0.15) is 11.6 Å². The molecule has 144 valence electrons. The molecule has 2 aromatic heterocycles. The molecule has 0 aliphatic carbocycles. The fraction of sp³-hybridized carbons (Fsp3) is 0.579. The molecule has 2 fully saturated rings. The summed E-state index contributed by atoms with van der Waals surface area (Å²) in [7, 11) is 1.96. The molecular formula is C19H27N7O. The van der Waals surface area contributed by atoms with E-state index in [4.69, 9.17) is 0 Å². The van der Waals surface area contributed by atoms with Crippen molar-refractivity contribution in [3.05, 3.63) is 30.9 Å². The monoisotopic (exact) mass is 369 g/mol. The van der Waals surface area contributed by atoms with E-state index in [9.17, 15) is 4.79 Å². The Balaban J connectivity index is 1.29. The molecule has 4 heterocycles. The maximum absolute atomic E-state index is 12.8. The zero-order valence-electron chi connectivity index (χ0n) is 15.8. The molecular weight excluding hydrogens is 342 g/mol. The number of hydrogen-bond acceptors (Lipinski definition) is 6. The number of nitrogens with zero attached hydrogens (tertiary/aromatic N) is 6. The first-order chi connectivity index (χ1) is 13.2. The second-order valence-corrected chi connectivity index (χ2v) is 7.43. The van der Waals surface area contributed by atoms with Gasteiger partial charge >= 0.3 is 0 Å². The maximum atomic E-state index is 12.8. The molecule has 27 heavy (non-hydrogen) atoms. The summed E-state index contributed by atoms with van der Waals surface area (Å²) in [5.41, 5.74) is 0. The summed E-state index contributed by atoms with van der Waals surface area (Å²) >= 11 is 0. The van der Waals surface area contributed by atoms with Crippen molar-refractivity contribution in [1.82, 2.24) is 25.1 Å². The van der Waals surface area contributed by atoms with Crippen LogP contribution in [0.5, 0.6) is 0 Å². The highest BCUT2D eigenvalue weighted by molar-refractivity contribution is 5.79. The number of aromatic nitrogens is 4. The van der Waals surface area contributed by atoms with E-state index < -0.39 is 0 Å². The molecule has 0 bridgehead atoms. The molecule has 0 spiro atoms. The summed E-state index contributed by atoms with van der Waals surface area (Å²) in [4.78, 5) is 25.8. The molecule has 1 N–H and O–H groups in total. The Kier molecular flexibility index (Phi) is 5.22. The van der Waals surface area contributed by atoms with Gasteiger partial charge in [-0.15, -0.1) is 0 Å².